The topological polar surface area (TPSA) is 58.4 Å². The number of amides is 1. The summed E-state index contributed by atoms with van der Waals surface area (Å²) in [6.45, 7) is 5.93. The van der Waals surface area contributed by atoms with Crippen molar-refractivity contribution in [1.29, 1.82) is 0 Å². The van der Waals surface area contributed by atoms with E-state index >= 15 is 0 Å². The van der Waals surface area contributed by atoms with Crippen molar-refractivity contribution in [2.75, 3.05) is 20.1 Å². The van der Waals surface area contributed by atoms with Crippen molar-refractivity contribution in [2.45, 2.75) is 51.1 Å². The maximum Gasteiger partial charge on any atom is 0.240 e. The third-order valence-corrected chi connectivity index (χ3v) is 3.25. The van der Waals surface area contributed by atoms with Crippen LogP contribution in [0.3, 0.4) is 0 Å². The Morgan fingerprint density at radius 2 is 2.31 bits per heavy atom. The Kier molecular flexibility index (Phi) is 4.74. The first kappa shape index (κ1) is 13.5. The number of carbonyl (C=O) groups excluding carboxylic acids is 1. The molecule has 94 valence electrons. The van der Waals surface area contributed by atoms with Crippen molar-refractivity contribution in [3.63, 3.8) is 0 Å². The maximum absolute atomic E-state index is 12.0. The molecule has 1 amide bonds. The van der Waals surface area contributed by atoms with E-state index in [1.807, 2.05) is 13.8 Å². The molecule has 2 atom stereocenters. The largest absolute Gasteiger partial charge is 0.350 e. The lowest BCUT2D eigenvalue weighted by atomic mass is 9.95. The quantitative estimate of drug-likeness (QED) is 0.744. The van der Waals surface area contributed by atoms with Gasteiger partial charge in [-0.15, -0.1) is 0 Å². The van der Waals surface area contributed by atoms with Gasteiger partial charge in [0, 0.05) is 12.6 Å². The Hall–Kier alpha value is -0.610. The van der Waals surface area contributed by atoms with Gasteiger partial charge < -0.3 is 16.0 Å². The highest BCUT2D eigenvalue weighted by Crippen LogP contribution is 2.12. The molecular formula is C12H25N3O. The summed E-state index contributed by atoms with van der Waals surface area (Å²) in [6.07, 6.45) is 3.89. The molecule has 0 aliphatic carbocycles. The predicted molar refractivity (Wildman–Crippen MR) is 66.2 cm³/mol. The minimum absolute atomic E-state index is 0.00495. The summed E-state index contributed by atoms with van der Waals surface area (Å²) < 4.78 is 0. The van der Waals surface area contributed by atoms with Gasteiger partial charge in [-0.2, -0.15) is 0 Å². The van der Waals surface area contributed by atoms with Crippen molar-refractivity contribution in [3.05, 3.63) is 0 Å². The number of likely N-dealkylation sites (N-methyl/N-ethyl adjacent to an activating group) is 1. The van der Waals surface area contributed by atoms with E-state index in [1.54, 1.807) is 0 Å². The number of nitrogens with two attached hydrogens (primary N) is 1. The van der Waals surface area contributed by atoms with Gasteiger partial charge in [-0.05, 0) is 39.8 Å². The third-order valence-electron chi connectivity index (χ3n) is 3.25. The molecule has 3 N–H and O–H groups in total. The van der Waals surface area contributed by atoms with Crippen LogP contribution in [0.1, 0.15) is 39.5 Å². The van der Waals surface area contributed by atoms with Gasteiger partial charge in [-0.25, -0.2) is 0 Å². The van der Waals surface area contributed by atoms with E-state index in [0.29, 0.717) is 0 Å². The fourth-order valence-corrected chi connectivity index (χ4v) is 2.27. The first-order chi connectivity index (χ1) is 7.45. The summed E-state index contributed by atoms with van der Waals surface area (Å²) in [5.41, 5.74) is 5.28. The van der Waals surface area contributed by atoms with Gasteiger partial charge in [0.15, 0.2) is 0 Å². The molecule has 1 fully saturated rings. The number of rotatable bonds is 4. The van der Waals surface area contributed by atoms with E-state index in [4.69, 9.17) is 5.73 Å². The lowest BCUT2D eigenvalue weighted by Gasteiger charge is -2.33. The van der Waals surface area contributed by atoms with Crippen LogP contribution < -0.4 is 11.1 Å². The minimum Gasteiger partial charge on any atom is -0.350 e. The summed E-state index contributed by atoms with van der Waals surface area (Å²) in [5.74, 6) is -0.00495. The Morgan fingerprint density at radius 3 is 2.88 bits per heavy atom. The normalized spacial score (nSPS) is 26.1. The first-order valence-corrected chi connectivity index (χ1v) is 6.24. The van der Waals surface area contributed by atoms with E-state index in [2.05, 4.69) is 17.3 Å². The van der Waals surface area contributed by atoms with Gasteiger partial charge in [0.1, 0.15) is 0 Å². The molecule has 0 saturated carbocycles. The van der Waals surface area contributed by atoms with Crippen molar-refractivity contribution in [1.82, 2.24) is 10.2 Å². The van der Waals surface area contributed by atoms with Crippen LogP contribution >= 0.6 is 0 Å². The van der Waals surface area contributed by atoms with E-state index in [0.717, 1.165) is 38.8 Å². The molecule has 2 unspecified atom stereocenters. The Labute approximate surface area is 98.6 Å². The SMILES string of the molecule is CCCC(C)(N)C(=O)NC1CCCN(C)C1. The standard InChI is InChI=1S/C12H25N3O/c1-4-7-12(2,13)11(16)14-10-6-5-8-15(3)9-10/h10H,4-9,13H2,1-3H3,(H,14,16). The fourth-order valence-electron chi connectivity index (χ4n) is 2.27. The molecule has 4 heteroatoms. The van der Waals surface area contributed by atoms with Gasteiger partial charge >= 0.3 is 0 Å². The van der Waals surface area contributed by atoms with Crippen LogP contribution in [0, 0.1) is 0 Å². The van der Waals surface area contributed by atoms with Crippen LogP contribution in [-0.4, -0.2) is 42.5 Å². The lowest BCUT2D eigenvalue weighted by Crippen LogP contribution is -2.56. The number of hydrogen-bond donors (Lipinski definition) is 2. The second-order valence-corrected chi connectivity index (χ2v) is 5.24. The number of likely N-dealkylation sites (tertiary alicyclic amines) is 1. The molecule has 1 aliphatic rings. The molecule has 4 nitrogen and oxygen atoms in total. The lowest BCUT2D eigenvalue weighted by molar-refractivity contribution is -0.127. The van der Waals surface area contributed by atoms with Crippen LogP contribution in [-0.2, 0) is 4.79 Å². The predicted octanol–water partition coefficient (Wildman–Crippen LogP) is 0.714. The summed E-state index contributed by atoms with van der Waals surface area (Å²) >= 11 is 0. The molecule has 0 radical (unpaired) electrons. The first-order valence-electron chi connectivity index (χ1n) is 6.24. The second-order valence-electron chi connectivity index (χ2n) is 5.24. The molecule has 0 spiro atoms. The number of piperidine rings is 1. The van der Waals surface area contributed by atoms with Crippen LogP contribution in [0.25, 0.3) is 0 Å². The maximum atomic E-state index is 12.0. The van der Waals surface area contributed by atoms with E-state index in [9.17, 15) is 4.79 Å². The molecular weight excluding hydrogens is 202 g/mol. The molecule has 1 aliphatic heterocycles. The fraction of sp³-hybridized carbons (Fsp3) is 0.917. The molecule has 1 saturated heterocycles. The minimum atomic E-state index is -0.717. The molecule has 1 heterocycles. The van der Waals surface area contributed by atoms with Crippen molar-refractivity contribution in [3.8, 4) is 0 Å². The Balaban J connectivity index is 2.44. The number of nitrogens with one attached hydrogen (secondary N) is 1. The second kappa shape index (κ2) is 5.64. The van der Waals surface area contributed by atoms with Gasteiger partial charge in [0.05, 0.1) is 5.54 Å². The van der Waals surface area contributed by atoms with Crippen LogP contribution in [0.4, 0.5) is 0 Å². The average molecular weight is 227 g/mol. The molecule has 1 rings (SSSR count). The zero-order valence-corrected chi connectivity index (χ0v) is 10.8. The average Bonchev–Trinajstić information content (AvgIpc) is 2.17. The zero-order valence-electron chi connectivity index (χ0n) is 10.8. The Morgan fingerprint density at radius 1 is 1.62 bits per heavy atom. The monoisotopic (exact) mass is 227 g/mol. The summed E-state index contributed by atoms with van der Waals surface area (Å²) in [4.78, 5) is 14.2. The van der Waals surface area contributed by atoms with Gasteiger partial charge in [-0.1, -0.05) is 13.3 Å². The molecule has 0 aromatic carbocycles. The number of carbonyl (C=O) groups is 1. The van der Waals surface area contributed by atoms with Crippen molar-refractivity contribution < 1.29 is 4.79 Å². The summed E-state index contributed by atoms with van der Waals surface area (Å²) in [5, 5.41) is 3.07. The van der Waals surface area contributed by atoms with Crippen LogP contribution in [0.2, 0.25) is 0 Å². The van der Waals surface area contributed by atoms with Crippen LogP contribution in [0.15, 0.2) is 0 Å². The number of nitrogens with zero attached hydrogens (tertiary/aromatic N) is 1. The highest BCUT2D eigenvalue weighted by atomic mass is 16.2. The van der Waals surface area contributed by atoms with Crippen molar-refractivity contribution in [2.24, 2.45) is 5.73 Å². The van der Waals surface area contributed by atoms with Gasteiger partial charge in [-0.3, -0.25) is 4.79 Å². The zero-order chi connectivity index (χ0) is 12.2. The number of hydrogen-bond acceptors (Lipinski definition) is 3. The highest BCUT2D eigenvalue weighted by molar-refractivity contribution is 5.85. The highest BCUT2D eigenvalue weighted by Gasteiger charge is 2.29. The van der Waals surface area contributed by atoms with Crippen LogP contribution in [0.5, 0.6) is 0 Å². The summed E-state index contributed by atoms with van der Waals surface area (Å²) in [6, 6.07) is 0.269. The van der Waals surface area contributed by atoms with E-state index in [1.165, 1.54) is 0 Å². The van der Waals surface area contributed by atoms with E-state index in [-0.39, 0.29) is 11.9 Å². The molecule has 0 bridgehead atoms. The van der Waals surface area contributed by atoms with E-state index < -0.39 is 5.54 Å². The third kappa shape index (κ3) is 3.76. The molecule has 16 heavy (non-hydrogen) atoms. The Bertz CT molecular complexity index is 240. The van der Waals surface area contributed by atoms with Crippen molar-refractivity contribution >= 4 is 5.91 Å². The molecule has 0 aromatic heterocycles. The smallest absolute Gasteiger partial charge is 0.240 e. The molecule has 0 aromatic rings. The van der Waals surface area contributed by atoms with Gasteiger partial charge in [0.2, 0.25) is 5.91 Å². The summed E-state index contributed by atoms with van der Waals surface area (Å²) in [7, 11) is 2.09. The van der Waals surface area contributed by atoms with Gasteiger partial charge in [0.25, 0.3) is 0 Å².